The lowest BCUT2D eigenvalue weighted by molar-refractivity contribution is -0.118. The van der Waals surface area contributed by atoms with Gasteiger partial charge in [0.1, 0.15) is 0 Å². The molecule has 3 rings (SSSR count). The number of rotatable bonds is 6. The molecule has 2 N–H and O–H groups in total. The summed E-state index contributed by atoms with van der Waals surface area (Å²) < 4.78 is 1.83. The second-order valence-electron chi connectivity index (χ2n) is 6.33. The summed E-state index contributed by atoms with van der Waals surface area (Å²) in [6.07, 6.45) is 4.02. The van der Waals surface area contributed by atoms with Gasteiger partial charge in [-0.3, -0.25) is 14.5 Å². The molecule has 1 amide bonds. The van der Waals surface area contributed by atoms with Gasteiger partial charge in [-0.2, -0.15) is 5.10 Å². The van der Waals surface area contributed by atoms with Gasteiger partial charge in [0.25, 0.3) is 0 Å². The van der Waals surface area contributed by atoms with Gasteiger partial charge in [0.15, 0.2) is 5.96 Å². The van der Waals surface area contributed by atoms with Crippen LogP contribution in [0.3, 0.4) is 0 Å². The first-order valence-corrected chi connectivity index (χ1v) is 8.98. The molecular formula is C19H26N6O. The number of nitrogens with one attached hydrogen (secondary N) is 2. The third kappa shape index (κ3) is 4.22. The highest BCUT2D eigenvalue weighted by Crippen LogP contribution is 2.27. The van der Waals surface area contributed by atoms with Crippen molar-refractivity contribution in [1.82, 2.24) is 20.4 Å². The van der Waals surface area contributed by atoms with Crippen LogP contribution in [-0.2, 0) is 24.8 Å². The van der Waals surface area contributed by atoms with Crippen LogP contribution in [0.4, 0.5) is 5.69 Å². The fourth-order valence-electron chi connectivity index (χ4n) is 3.15. The largest absolute Gasteiger partial charge is 0.356 e. The van der Waals surface area contributed by atoms with Crippen LogP contribution in [0.25, 0.3) is 0 Å². The highest BCUT2D eigenvalue weighted by molar-refractivity contribution is 5.95. The SMILES string of the molecule is CN=C(NCCCC(=O)N1CCc2ccccc21)NCc1ccnn1C. The molecule has 0 unspecified atom stereocenters. The third-order valence-electron chi connectivity index (χ3n) is 4.63. The van der Waals surface area contributed by atoms with E-state index >= 15 is 0 Å². The lowest BCUT2D eigenvalue weighted by Gasteiger charge is -2.17. The number of fused-ring (bicyclic) bond motifs is 1. The number of hydrogen-bond donors (Lipinski definition) is 2. The zero-order valence-electron chi connectivity index (χ0n) is 15.4. The normalized spacial score (nSPS) is 13.6. The van der Waals surface area contributed by atoms with Crippen molar-refractivity contribution < 1.29 is 4.79 Å². The topological polar surface area (TPSA) is 74.6 Å². The van der Waals surface area contributed by atoms with Crippen molar-refractivity contribution in [3.05, 3.63) is 47.8 Å². The van der Waals surface area contributed by atoms with Crippen molar-refractivity contribution in [2.45, 2.75) is 25.8 Å². The van der Waals surface area contributed by atoms with Crippen LogP contribution in [0, 0.1) is 0 Å². The van der Waals surface area contributed by atoms with Gasteiger partial charge in [-0.25, -0.2) is 0 Å². The Morgan fingerprint density at radius 3 is 2.88 bits per heavy atom. The van der Waals surface area contributed by atoms with Crippen molar-refractivity contribution in [1.29, 1.82) is 0 Å². The Morgan fingerprint density at radius 1 is 1.27 bits per heavy atom. The summed E-state index contributed by atoms with van der Waals surface area (Å²) in [7, 11) is 3.65. The zero-order valence-corrected chi connectivity index (χ0v) is 15.4. The number of guanidine groups is 1. The minimum Gasteiger partial charge on any atom is -0.356 e. The molecule has 0 aliphatic carbocycles. The molecule has 0 fully saturated rings. The monoisotopic (exact) mass is 354 g/mol. The quantitative estimate of drug-likeness (QED) is 0.468. The molecule has 0 radical (unpaired) electrons. The molecule has 1 aromatic carbocycles. The van der Waals surface area contributed by atoms with Gasteiger partial charge < -0.3 is 15.5 Å². The number of hydrogen-bond acceptors (Lipinski definition) is 3. The number of carbonyl (C=O) groups excluding carboxylic acids is 1. The van der Waals surface area contributed by atoms with E-state index in [1.807, 2.05) is 40.9 Å². The fourth-order valence-corrected chi connectivity index (χ4v) is 3.15. The number of aliphatic imine (C=N–C) groups is 1. The average Bonchev–Trinajstić information content (AvgIpc) is 3.27. The molecule has 2 aromatic rings. The zero-order chi connectivity index (χ0) is 18.4. The maximum atomic E-state index is 12.5. The van der Waals surface area contributed by atoms with Crippen LogP contribution < -0.4 is 15.5 Å². The summed E-state index contributed by atoms with van der Waals surface area (Å²) in [6.45, 7) is 2.14. The summed E-state index contributed by atoms with van der Waals surface area (Å²) in [5, 5.41) is 10.6. The first-order chi connectivity index (χ1) is 12.7. The van der Waals surface area contributed by atoms with E-state index in [1.165, 1.54) is 5.56 Å². The molecule has 0 bridgehead atoms. The maximum absolute atomic E-state index is 12.5. The molecule has 138 valence electrons. The number of aromatic nitrogens is 2. The van der Waals surface area contributed by atoms with Crippen LogP contribution in [0.1, 0.15) is 24.1 Å². The molecule has 2 heterocycles. The summed E-state index contributed by atoms with van der Waals surface area (Å²) in [5.41, 5.74) is 3.41. The second kappa shape index (κ2) is 8.51. The van der Waals surface area contributed by atoms with E-state index in [9.17, 15) is 4.79 Å². The number of benzene rings is 1. The Kier molecular flexibility index (Phi) is 5.88. The smallest absolute Gasteiger partial charge is 0.227 e. The maximum Gasteiger partial charge on any atom is 0.227 e. The Balaban J connectivity index is 1.39. The number of nitrogens with zero attached hydrogens (tertiary/aromatic N) is 4. The molecule has 1 aromatic heterocycles. The number of anilines is 1. The Bertz CT molecular complexity index is 782. The molecule has 7 heteroatoms. The predicted molar refractivity (Wildman–Crippen MR) is 103 cm³/mol. The highest BCUT2D eigenvalue weighted by Gasteiger charge is 2.23. The minimum atomic E-state index is 0.189. The summed E-state index contributed by atoms with van der Waals surface area (Å²) in [6, 6.07) is 10.1. The molecule has 0 atom stereocenters. The van der Waals surface area contributed by atoms with Crippen LogP contribution in [0.2, 0.25) is 0 Å². The Morgan fingerprint density at radius 2 is 2.12 bits per heavy atom. The summed E-state index contributed by atoms with van der Waals surface area (Å²) in [4.78, 5) is 18.6. The van der Waals surface area contributed by atoms with Crippen LogP contribution in [0.5, 0.6) is 0 Å². The van der Waals surface area contributed by atoms with Gasteiger partial charge in [-0.1, -0.05) is 18.2 Å². The van der Waals surface area contributed by atoms with Crippen molar-refractivity contribution in [3.63, 3.8) is 0 Å². The molecular weight excluding hydrogens is 328 g/mol. The Labute approximate surface area is 154 Å². The van der Waals surface area contributed by atoms with Crippen molar-refractivity contribution in [3.8, 4) is 0 Å². The molecule has 1 aliphatic rings. The molecule has 0 saturated heterocycles. The molecule has 7 nitrogen and oxygen atoms in total. The van der Waals surface area contributed by atoms with Gasteiger partial charge in [0.2, 0.25) is 5.91 Å². The minimum absolute atomic E-state index is 0.189. The van der Waals surface area contributed by atoms with Crippen molar-refractivity contribution >= 4 is 17.6 Å². The van der Waals surface area contributed by atoms with E-state index in [0.29, 0.717) is 19.5 Å². The summed E-state index contributed by atoms with van der Waals surface area (Å²) >= 11 is 0. The average molecular weight is 354 g/mol. The van der Waals surface area contributed by atoms with Gasteiger partial charge in [0.05, 0.1) is 12.2 Å². The Hall–Kier alpha value is -2.83. The first kappa shape index (κ1) is 18.0. The number of para-hydroxylation sites is 1. The molecule has 26 heavy (non-hydrogen) atoms. The number of amides is 1. The molecule has 0 saturated carbocycles. The lowest BCUT2D eigenvalue weighted by Crippen LogP contribution is -2.38. The first-order valence-electron chi connectivity index (χ1n) is 8.98. The summed E-state index contributed by atoms with van der Waals surface area (Å²) in [5.74, 6) is 0.916. The second-order valence-corrected chi connectivity index (χ2v) is 6.33. The fraction of sp³-hybridized carbons (Fsp3) is 0.421. The van der Waals surface area contributed by atoms with Crippen LogP contribution in [-0.4, -0.2) is 41.8 Å². The highest BCUT2D eigenvalue weighted by atomic mass is 16.2. The van der Waals surface area contributed by atoms with Crippen molar-refractivity contribution in [2.24, 2.45) is 12.0 Å². The van der Waals surface area contributed by atoms with Crippen LogP contribution in [0.15, 0.2) is 41.5 Å². The van der Waals surface area contributed by atoms with E-state index in [0.717, 1.165) is 36.7 Å². The number of carbonyl (C=O) groups is 1. The van der Waals surface area contributed by atoms with Crippen molar-refractivity contribution in [2.75, 3.05) is 25.0 Å². The van der Waals surface area contributed by atoms with Crippen LogP contribution >= 0.6 is 0 Å². The van der Waals surface area contributed by atoms with E-state index in [2.05, 4.69) is 26.8 Å². The van der Waals surface area contributed by atoms with E-state index in [-0.39, 0.29) is 5.91 Å². The van der Waals surface area contributed by atoms with Gasteiger partial charge >= 0.3 is 0 Å². The predicted octanol–water partition coefficient (Wildman–Crippen LogP) is 1.45. The van der Waals surface area contributed by atoms with Gasteiger partial charge in [-0.15, -0.1) is 0 Å². The van der Waals surface area contributed by atoms with Gasteiger partial charge in [-0.05, 0) is 30.5 Å². The third-order valence-corrected chi connectivity index (χ3v) is 4.63. The molecule has 1 aliphatic heterocycles. The number of aryl methyl sites for hydroxylation is 1. The molecule has 0 spiro atoms. The van der Waals surface area contributed by atoms with E-state index in [4.69, 9.17) is 0 Å². The lowest BCUT2D eigenvalue weighted by atomic mass is 10.2. The van der Waals surface area contributed by atoms with E-state index < -0.39 is 0 Å². The van der Waals surface area contributed by atoms with Gasteiger partial charge in [0, 0.05) is 45.5 Å². The standard InChI is InChI=1S/C19H26N6O/c1-20-19(22-14-16-9-12-23-24(16)2)21-11-5-8-18(26)25-13-10-15-6-3-4-7-17(15)25/h3-4,6-7,9,12H,5,8,10-11,13-14H2,1-2H3,(H2,20,21,22). The van der Waals surface area contributed by atoms with E-state index in [1.54, 1.807) is 13.2 Å².